The molecule has 3 aromatic heterocycles. The van der Waals surface area contributed by atoms with Crippen LogP contribution in [0.5, 0.6) is 0 Å². The van der Waals surface area contributed by atoms with Gasteiger partial charge in [-0.25, -0.2) is 14.6 Å². The number of anilines is 1. The molecule has 0 aromatic carbocycles. The van der Waals surface area contributed by atoms with E-state index >= 15 is 0 Å². The van der Waals surface area contributed by atoms with Crippen molar-refractivity contribution in [3.63, 3.8) is 0 Å². The topological polar surface area (TPSA) is 77.5 Å². The van der Waals surface area contributed by atoms with E-state index in [1.165, 1.54) is 6.33 Å². The molecular formula is C14H18N8S. The van der Waals surface area contributed by atoms with Gasteiger partial charge in [0.15, 0.2) is 11.0 Å². The first-order valence-electron chi connectivity index (χ1n) is 7.66. The fourth-order valence-electron chi connectivity index (χ4n) is 3.03. The molecule has 0 N–H and O–H groups in total. The van der Waals surface area contributed by atoms with Gasteiger partial charge in [0.2, 0.25) is 0 Å². The minimum Gasteiger partial charge on any atom is -0.348 e. The monoisotopic (exact) mass is 330 g/mol. The molecule has 23 heavy (non-hydrogen) atoms. The molecule has 120 valence electrons. The summed E-state index contributed by atoms with van der Waals surface area (Å²) in [6.07, 6.45) is 7.25. The van der Waals surface area contributed by atoms with Gasteiger partial charge in [-0.15, -0.1) is 21.5 Å². The molecule has 0 amide bonds. The van der Waals surface area contributed by atoms with Crippen LogP contribution in [0.1, 0.15) is 30.4 Å². The maximum absolute atomic E-state index is 4.43. The Morgan fingerprint density at radius 3 is 2.83 bits per heavy atom. The average molecular weight is 330 g/mol. The van der Waals surface area contributed by atoms with E-state index in [4.69, 9.17) is 0 Å². The number of rotatable bonds is 4. The normalized spacial score (nSPS) is 16.1. The molecule has 0 atom stereocenters. The Bertz CT molecular complexity index is 740. The second-order valence-corrected chi connectivity index (χ2v) is 6.58. The Balaban J connectivity index is 1.44. The van der Waals surface area contributed by atoms with Gasteiger partial charge < -0.3 is 9.47 Å². The third kappa shape index (κ3) is 2.83. The molecular weight excluding hydrogens is 312 g/mol. The lowest BCUT2D eigenvalue weighted by Gasteiger charge is -2.31. The maximum Gasteiger partial charge on any atom is 0.185 e. The summed E-state index contributed by atoms with van der Waals surface area (Å²) in [5.41, 5.74) is 0. The van der Waals surface area contributed by atoms with Crippen LogP contribution in [0.3, 0.4) is 0 Å². The summed E-state index contributed by atoms with van der Waals surface area (Å²) in [4.78, 5) is 10.7. The second-order valence-electron chi connectivity index (χ2n) is 5.70. The average Bonchev–Trinajstić information content (AvgIpc) is 3.32. The third-order valence-electron chi connectivity index (χ3n) is 4.32. The zero-order valence-corrected chi connectivity index (χ0v) is 13.7. The van der Waals surface area contributed by atoms with E-state index in [2.05, 4.69) is 34.7 Å². The lowest BCUT2D eigenvalue weighted by atomic mass is 9.96. The van der Waals surface area contributed by atoms with E-state index in [1.54, 1.807) is 22.3 Å². The van der Waals surface area contributed by atoms with Gasteiger partial charge in [0, 0.05) is 37.6 Å². The van der Waals surface area contributed by atoms with Crippen molar-refractivity contribution in [2.75, 3.05) is 18.0 Å². The highest BCUT2D eigenvalue weighted by molar-refractivity contribution is 7.13. The first-order valence-corrected chi connectivity index (χ1v) is 8.54. The third-order valence-corrected chi connectivity index (χ3v) is 5.15. The summed E-state index contributed by atoms with van der Waals surface area (Å²) in [7, 11) is 2.04. The molecule has 1 saturated heterocycles. The molecule has 3 aromatic rings. The summed E-state index contributed by atoms with van der Waals surface area (Å²) >= 11 is 1.70. The van der Waals surface area contributed by atoms with Crippen LogP contribution < -0.4 is 4.90 Å². The van der Waals surface area contributed by atoms with Crippen molar-refractivity contribution in [1.29, 1.82) is 0 Å². The van der Waals surface area contributed by atoms with Crippen molar-refractivity contribution in [1.82, 2.24) is 34.5 Å². The van der Waals surface area contributed by atoms with Gasteiger partial charge in [0.1, 0.15) is 25.0 Å². The van der Waals surface area contributed by atoms with E-state index in [0.29, 0.717) is 12.5 Å². The van der Waals surface area contributed by atoms with Crippen molar-refractivity contribution in [3.8, 4) is 0 Å². The number of hydrogen-bond acceptors (Lipinski definition) is 7. The minimum absolute atomic E-state index is 0.452. The van der Waals surface area contributed by atoms with E-state index in [1.807, 2.05) is 18.6 Å². The van der Waals surface area contributed by atoms with Gasteiger partial charge in [-0.1, -0.05) is 0 Å². The summed E-state index contributed by atoms with van der Waals surface area (Å²) in [5, 5.41) is 16.0. The highest BCUT2D eigenvalue weighted by Gasteiger charge is 2.26. The molecule has 9 heteroatoms. The largest absolute Gasteiger partial charge is 0.348 e. The van der Waals surface area contributed by atoms with Crippen LogP contribution in [-0.4, -0.2) is 47.6 Å². The van der Waals surface area contributed by atoms with Crippen LogP contribution >= 0.6 is 11.3 Å². The number of hydrogen-bond donors (Lipinski definition) is 0. The zero-order valence-electron chi connectivity index (χ0n) is 12.9. The van der Waals surface area contributed by atoms with E-state index in [9.17, 15) is 0 Å². The Morgan fingerprint density at radius 1 is 1.26 bits per heavy atom. The summed E-state index contributed by atoms with van der Waals surface area (Å²) in [6.45, 7) is 2.63. The smallest absolute Gasteiger partial charge is 0.185 e. The Morgan fingerprint density at radius 2 is 2.13 bits per heavy atom. The Hall–Kier alpha value is -2.29. The summed E-state index contributed by atoms with van der Waals surface area (Å²) < 4.78 is 3.87. The number of aromatic nitrogens is 7. The predicted octanol–water partition coefficient (Wildman–Crippen LogP) is 1.30. The SMILES string of the molecule is Cn1c(Cn2cncn2)nnc1C1CCN(c2nccs2)CC1. The Labute approximate surface area is 137 Å². The number of piperidine rings is 1. The lowest BCUT2D eigenvalue weighted by molar-refractivity contribution is 0.471. The molecule has 0 saturated carbocycles. The first-order chi connectivity index (χ1) is 11.3. The zero-order chi connectivity index (χ0) is 15.6. The fourth-order valence-corrected chi connectivity index (χ4v) is 3.73. The van der Waals surface area contributed by atoms with Crippen molar-refractivity contribution in [2.24, 2.45) is 7.05 Å². The molecule has 0 spiro atoms. The first kappa shape index (κ1) is 14.3. The van der Waals surface area contributed by atoms with Crippen molar-refractivity contribution < 1.29 is 0 Å². The maximum atomic E-state index is 4.43. The standard InChI is InChI=1S/C14H18N8S/c1-20-12(8-22-10-15-9-17-22)18-19-13(20)11-2-5-21(6-3-11)14-16-4-7-23-14/h4,7,9-11H,2-3,5-6,8H2,1H3. The lowest BCUT2D eigenvalue weighted by Crippen LogP contribution is -2.33. The van der Waals surface area contributed by atoms with Crippen molar-refractivity contribution in [2.45, 2.75) is 25.3 Å². The van der Waals surface area contributed by atoms with Crippen LogP contribution in [0.25, 0.3) is 0 Å². The van der Waals surface area contributed by atoms with Crippen LogP contribution in [0.2, 0.25) is 0 Å². The predicted molar refractivity (Wildman–Crippen MR) is 86.4 cm³/mol. The molecule has 0 radical (unpaired) electrons. The number of thiazole rings is 1. The van der Waals surface area contributed by atoms with Gasteiger partial charge >= 0.3 is 0 Å². The van der Waals surface area contributed by atoms with Gasteiger partial charge in [-0.05, 0) is 12.8 Å². The van der Waals surface area contributed by atoms with Crippen LogP contribution in [0.4, 0.5) is 5.13 Å². The number of nitrogens with zero attached hydrogens (tertiary/aromatic N) is 8. The fraction of sp³-hybridized carbons (Fsp3) is 0.500. The molecule has 4 rings (SSSR count). The van der Waals surface area contributed by atoms with Crippen LogP contribution in [-0.2, 0) is 13.6 Å². The highest BCUT2D eigenvalue weighted by Crippen LogP contribution is 2.30. The molecule has 1 aliphatic rings. The molecule has 0 aliphatic carbocycles. The van der Waals surface area contributed by atoms with E-state index in [0.717, 1.165) is 42.7 Å². The van der Waals surface area contributed by atoms with E-state index in [-0.39, 0.29) is 0 Å². The summed E-state index contributed by atoms with van der Waals surface area (Å²) in [5.74, 6) is 2.43. The second kappa shape index (κ2) is 6.07. The van der Waals surface area contributed by atoms with Crippen LogP contribution in [0.15, 0.2) is 24.2 Å². The quantitative estimate of drug-likeness (QED) is 0.717. The van der Waals surface area contributed by atoms with Gasteiger partial charge in [-0.2, -0.15) is 5.10 Å². The van der Waals surface area contributed by atoms with Crippen molar-refractivity contribution in [3.05, 3.63) is 35.9 Å². The summed E-state index contributed by atoms with van der Waals surface area (Å²) in [6, 6.07) is 0. The van der Waals surface area contributed by atoms with Gasteiger partial charge in [0.05, 0.1) is 0 Å². The van der Waals surface area contributed by atoms with Gasteiger partial charge in [-0.3, -0.25) is 0 Å². The minimum atomic E-state index is 0.452. The highest BCUT2D eigenvalue weighted by atomic mass is 32.1. The molecule has 4 heterocycles. The molecule has 0 unspecified atom stereocenters. The molecule has 1 aliphatic heterocycles. The van der Waals surface area contributed by atoms with Crippen molar-refractivity contribution >= 4 is 16.5 Å². The molecule has 8 nitrogen and oxygen atoms in total. The van der Waals surface area contributed by atoms with Gasteiger partial charge in [0.25, 0.3) is 0 Å². The Kier molecular flexibility index (Phi) is 3.78. The van der Waals surface area contributed by atoms with E-state index < -0.39 is 0 Å². The van der Waals surface area contributed by atoms with Crippen LogP contribution in [0, 0.1) is 0 Å². The molecule has 0 bridgehead atoms. The molecule has 1 fully saturated rings.